The van der Waals surface area contributed by atoms with E-state index < -0.39 is 0 Å². The number of aryl methyl sites for hydroxylation is 1. The molecule has 0 aliphatic carbocycles. The second-order valence-electron chi connectivity index (χ2n) is 4.68. The molecule has 1 aromatic heterocycles. The lowest BCUT2D eigenvalue weighted by Crippen LogP contribution is -2.03. The number of hydrogen-bond acceptors (Lipinski definition) is 5. The second kappa shape index (κ2) is 5.99. The van der Waals surface area contributed by atoms with Crippen molar-refractivity contribution < 1.29 is 5.11 Å². The number of aromatic nitrogens is 3. The smallest absolute Gasteiger partial charge is 0.231 e. The zero-order chi connectivity index (χ0) is 15.5. The van der Waals surface area contributed by atoms with E-state index in [-0.39, 0.29) is 5.75 Å². The number of nitrogens with zero attached hydrogens (tertiary/aromatic N) is 3. The number of anilines is 2. The van der Waals surface area contributed by atoms with E-state index in [1.54, 1.807) is 19.1 Å². The highest BCUT2D eigenvalue weighted by Crippen LogP contribution is 2.28. The van der Waals surface area contributed by atoms with E-state index in [0.717, 1.165) is 5.56 Å². The Labute approximate surface area is 132 Å². The van der Waals surface area contributed by atoms with E-state index in [9.17, 15) is 5.11 Å². The van der Waals surface area contributed by atoms with Gasteiger partial charge in [-0.15, -0.1) is 0 Å². The number of nitrogens with one attached hydrogen (secondary N) is 1. The Bertz CT molecular complexity index is 808. The zero-order valence-electron chi connectivity index (χ0n) is 11.8. The van der Waals surface area contributed by atoms with Gasteiger partial charge in [0.15, 0.2) is 5.82 Å². The Kier molecular flexibility index (Phi) is 3.89. The summed E-state index contributed by atoms with van der Waals surface area (Å²) in [5.74, 6) is 1.57. The molecule has 3 rings (SSSR count). The van der Waals surface area contributed by atoms with Crippen LogP contribution < -0.4 is 5.32 Å². The predicted octanol–water partition coefficient (Wildman–Crippen LogP) is 3.95. The Morgan fingerprint density at radius 1 is 1.00 bits per heavy atom. The van der Waals surface area contributed by atoms with E-state index in [1.807, 2.05) is 30.3 Å². The molecule has 5 nitrogen and oxygen atoms in total. The standard InChI is InChI=1S/C16H13ClN4O/c1-10-18-15(11-5-3-2-4-6-11)21-16(19-10)20-13-9-12(17)7-8-14(13)22/h2-9,22H,1H3,(H,18,19,20,21). The molecular formula is C16H13ClN4O. The number of phenols is 1. The van der Waals surface area contributed by atoms with Crippen LogP contribution in [0.4, 0.5) is 11.6 Å². The SMILES string of the molecule is Cc1nc(Nc2cc(Cl)ccc2O)nc(-c2ccccc2)n1. The maximum Gasteiger partial charge on any atom is 0.231 e. The van der Waals surface area contributed by atoms with Crippen molar-refractivity contribution in [3.63, 3.8) is 0 Å². The fourth-order valence-electron chi connectivity index (χ4n) is 1.98. The average Bonchev–Trinajstić information content (AvgIpc) is 2.51. The summed E-state index contributed by atoms with van der Waals surface area (Å²) in [7, 11) is 0. The van der Waals surface area contributed by atoms with Gasteiger partial charge in [0.05, 0.1) is 5.69 Å². The molecule has 0 amide bonds. The van der Waals surface area contributed by atoms with Gasteiger partial charge in [-0.3, -0.25) is 0 Å². The van der Waals surface area contributed by atoms with Gasteiger partial charge in [0.1, 0.15) is 11.6 Å². The van der Waals surface area contributed by atoms with Crippen LogP contribution >= 0.6 is 11.6 Å². The normalized spacial score (nSPS) is 10.5. The van der Waals surface area contributed by atoms with Gasteiger partial charge in [-0.05, 0) is 25.1 Å². The maximum atomic E-state index is 9.86. The van der Waals surface area contributed by atoms with Gasteiger partial charge in [-0.1, -0.05) is 41.9 Å². The van der Waals surface area contributed by atoms with Crippen LogP contribution in [0.1, 0.15) is 5.82 Å². The van der Waals surface area contributed by atoms with E-state index in [1.165, 1.54) is 6.07 Å². The number of hydrogen-bond donors (Lipinski definition) is 2. The van der Waals surface area contributed by atoms with Crippen molar-refractivity contribution in [1.82, 2.24) is 15.0 Å². The number of phenolic OH excluding ortho intramolecular Hbond substituents is 1. The van der Waals surface area contributed by atoms with Crippen molar-refractivity contribution in [1.29, 1.82) is 0 Å². The van der Waals surface area contributed by atoms with Crippen LogP contribution in [-0.4, -0.2) is 20.1 Å². The third-order valence-corrected chi connectivity index (χ3v) is 3.22. The van der Waals surface area contributed by atoms with Crippen LogP contribution in [0.2, 0.25) is 5.02 Å². The Hall–Kier alpha value is -2.66. The monoisotopic (exact) mass is 312 g/mol. The summed E-state index contributed by atoms with van der Waals surface area (Å²) in [6, 6.07) is 14.4. The van der Waals surface area contributed by atoms with Crippen LogP contribution in [0.15, 0.2) is 48.5 Å². The molecule has 3 aromatic rings. The molecule has 110 valence electrons. The molecule has 0 aliphatic rings. The van der Waals surface area contributed by atoms with Crippen molar-refractivity contribution in [2.45, 2.75) is 6.92 Å². The Balaban J connectivity index is 1.98. The van der Waals surface area contributed by atoms with E-state index in [4.69, 9.17) is 11.6 Å². The summed E-state index contributed by atoms with van der Waals surface area (Å²) in [6.07, 6.45) is 0. The first-order valence-electron chi connectivity index (χ1n) is 6.65. The van der Waals surface area contributed by atoms with E-state index in [2.05, 4.69) is 20.3 Å². The minimum absolute atomic E-state index is 0.0729. The predicted molar refractivity (Wildman–Crippen MR) is 86.4 cm³/mol. The molecule has 1 heterocycles. The highest BCUT2D eigenvalue weighted by Gasteiger charge is 2.09. The molecule has 22 heavy (non-hydrogen) atoms. The number of halogens is 1. The molecule has 0 saturated carbocycles. The van der Waals surface area contributed by atoms with Crippen LogP contribution in [-0.2, 0) is 0 Å². The zero-order valence-corrected chi connectivity index (χ0v) is 12.5. The minimum Gasteiger partial charge on any atom is -0.506 e. The van der Waals surface area contributed by atoms with Crippen LogP contribution in [0.25, 0.3) is 11.4 Å². The second-order valence-corrected chi connectivity index (χ2v) is 5.12. The summed E-state index contributed by atoms with van der Waals surface area (Å²) in [4.78, 5) is 13.0. The molecule has 0 spiro atoms. The van der Waals surface area contributed by atoms with Crippen LogP contribution in [0.3, 0.4) is 0 Å². The van der Waals surface area contributed by atoms with Crippen molar-refractivity contribution >= 4 is 23.2 Å². The molecule has 0 fully saturated rings. The van der Waals surface area contributed by atoms with Gasteiger partial charge >= 0.3 is 0 Å². The van der Waals surface area contributed by atoms with Gasteiger partial charge in [-0.25, -0.2) is 4.98 Å². The van der Waals surface area contributed by atoms with Gasteiger partial charge in [-0.2, -0.15) is 9.97 Å². The molecule has 2 aromatic carbocycles. The third kappa shape index (κ3) is 3.15. The summed E-state index contributed by atoms with van der Waals surface area (Å²) in [6.45, 7) is 1.79. The molecule has 0 atom stereocenters. The Morgan fingerprint density at radius 3 is 2.55 bits per heavy atom. The number of benzene rings is 2. The number of rotatable bonds is 3. The molecule has 0 radical (unpaired) electrons. The molecule has 0 saturated heterocycles. The highest BCUT2D eigenvalue weighted by molar-refractivity contribution is 6.30. The van der Waals surface area contributed by atoms with Crippen molar-refractivity contribution in [2.24, 2.45) is 0 Å². The van der Waals surface area contributed by atoms with Gasteiger partial charge in [0, 0.05) is 10.6 Å². The lowest BCUT2D eigenvalue weighted by molar-refractivity contribution is 0.477. The van der Waals surface area contributed by atoms with Crippen molar-refractivity contribution in [2.75, 3.05) is 5.32 Å². The highest BCUT2D eigenvalue weighted by atomic mass is 35.5. The maximum absolute atomic E-state index is 9.86. The largest absolute Gasteiger partial charge is 0.506 e. The first kappa shape index (κ1) is 14.3. The fourth-order valence-corrected chi connectivity index (χ4v) is 2.16. The number of aromatic hydroxyl groups is 1. The van der Waals surface area contributed by atoms with Crippen molar-refractivity contribution in [3.8, 4) is 17.1 Å². The average molecular weight is 313 g/mol. The lowest BCUT2D eigenvalue weighted by Gasteiger charge is -2.09. The molecule has 6 heteroatoms. The van der Waals surface area contributed by atoms with Crippen LogP contribution in [0.5, 0.6) is 5.75 Å². The summed E-state index contributed by atoms with van der Waals surface area (Å²) in [5.41, 5.74) is 1.34. The molecular weight excluding hydrogens is 300 g/mol. The topological polar surface area (TPSA) is 70.9 Å². The quantitative estimate of drug-likeness (QED) is 0.717. The molecule has 0 bridgehead atoms. The third-order valence-electron chi connectivity index (χ3n) is 2.98. The van der Waals surface area contributed by atoms with Gasteiger partial charge in [0.25, 0.3) is 0 Å². The van der Waals surface area contributed by atoms with Crippen LogP contribution in [0, 0.1) is 6.92 Å². The molecule has 2 N–H and O–H groups in total. The summed E-state index contributed by atoms with van der Waals surface area (Å²) < 4.78 is 0. The van der Waals surface area contributed by atoms with E-state index in [0.29, 0.717) is 28.3 Å². The van der Waals surface area contributed by atoms with Gasteiger partial charge < -0.3 is 10.4 Å². The summed E-state index contributed by atoms with van der Waals surface area (Å²) >= 11 is 5.94. The van der Waals surface area contributed by atoms with Crippen molar-refractivity contribution in [3.05, 3.63) is 59.4 Å². The van der Waals surface area contributed by atoms with E-state index >= 15 is 0 Å². The molecule has 0 aliphatic heterocycles. The lowest BCUT2D eigenvalue weighted by atomic mass is 10.2. The first-order valence-corrected chi connectivity index (χ1v) is 7.03. The fraction of sp³-hybridized carbons (Fsp3) is 0.0625. The summed E-state index contributed by atoms with van der Waals surface area (Å²) in [5, 5.41) is 13.3. The Morgan fingerprint density at radius 2 is 1.77 bits per heavy atom. The van der Waals surface area contributed by atoms with Gasteiger partial charge in [0.2, 0.25) is 5.95 Å². The first-order chi connectivity index (χ1) is 10.6. The minimum atomic E-state index is 0.0729. The molecule has 0 unspecified atom stereocenters.